The number of anilines is 2. The molecule has 0 unspecified atom stereocenters. The number of fused-ring (bicyclic) bond motifs is 4. The number of rotatable bonds is 8. The lowest BCUT2D eigenvalue weighted by molar-refractivity contribution is 0.0508. The SMILES string of the molecule is Cc1cccc(OC(C)C)c1-c1nc2nc(c1C)OC[C@@H](CC(C)(C)C)N(Cc1cncc(N(C)CC(C)(C)C)n1)C(=O)c1cccc(c1)S(=O)(=O)N2. The van der Waals surface area contributed by atoms with Crippen molar-refractivity contribution in [2.45, 2.75) is 99.2 Å². The summed E-state index contributed by atoms with van der Waals surface area (Å²) in [6.07, 6.45) is 3.81. The number of carbonyl (C=O) groups excluding carboxylic acids is 1. The Kier molecular flexibility index (Phi) is 11.4. The van der Waals surface area contributed by atoms with E-state index >= 15 is 0 Å². The molecular formula is C40H53N7O5S. The van der Waals surface area contributed by atoms with Gasteiger partial charge in [0.1, 0.15) is 18.2 Å². The van der Waals surface area contributed by atoms with E-state index in [1.165, 1.54) is 12.1 Å². The normalized spacial score (nSPS) is 16.2. The molecule has 1 aliphatic rings. The van der Waals surface area contributed by atoms with E-state index in [0.29, 0.717) is 40.5 Å². The first-order chi connectivity index (χ1) is 24.7. The van der Waals surface area contributed by atoms with E-state index in [1.807, 2.05) is 57.8 Å². The van der Waals surface area contributed by atoms with Crippen LogP contribution in [0.15, 0.2) is 59.8 Å². The molecular weight excluding hydrogens is 691 g/mol. The second kappa shape index (κ2) is 15.3. The fourth-order valence-corrected chi connectivity index (χ4v) is 7.48. The molecule has 4 bridgehead atoms. The van der Waals surface area contributed by atoms with Gasteiger partial charge in [-0.15, -0.1) is 0 Å². The van der Waals surface area contributed by atoms with Crippen molar-refractivity contribution in [3.8, 4) is 22.9 Å². The molecule has 0 saturated carbocycles. The number of amides is 1. The van der Waals surface area contributed by atoms with Crippen molar-refractivity contribution in [1.82, 2.24) is 24.8 Å². The molecule has 12 nitrogen and oxygen atoms in total. The first-order valence-corrected chi connectivity index (χ1v) is 19.4. The van der Waals surface area contributed by atoms with Gasteiger partial charge < -0.3 is 19.3 Å². The molecule has 1 aliphatic heterocycles. The smallest absolute Gasteiger partial charge is 0.264 e. The van der Waals surface area contributed by atoms with Crippen LogP contribution in [0.3, 0.4) is 0 Å². The van der Waals surface area contributed by atoms with Crippen LogP contribution in [-0.4, -0.2) is 71.5 Å². The van der Waals surface area contributed by atoms with Gasteiger partial charge in [-0.05, 0) is 74.8 Å². The van der Waals surface area contributed by atoms with Crippen LogP contribution >= 0.6 is 0 Å². The number of ether oxygens (including phenoxy) is 2. The van der Waals surface area contributed by atoms with Crippen molar-refractivity contribution in [1.29, 1.82) is 0 Å². The lowest BCUT2D eigenvalue weighted by Crippen LogP contribution is -2.45. The highest BCUT2D eigenvalue weighted by molar-refractivity contribution is 7.92. The maximum atomic E-state index is 14.6. The van der Waals surface area contributed by atoms with Crippen LogP contribution in [0.1, 0.15) is 89.0 Å². The zero-order valence-corrected chi connectivity index (χ0v) is 33.6. The third kappa shape index (κ3) is 9.81. The number of hydrogen-bond acceptors (Lipinski definition) is 10. The second-order valence-corrected chi connectivity index (χ2v) is 18.2. The largest absolute Gasteiger partial charge is 0.490 e. The summed E-state index contributed by atoms with van der Waals surface area (Å²) < 4.78 is 43.1. The van der Waals surface area contributed by atoms with Gasteiger partial charge in [-0.25, -0.2) is 23.1 Å². The molecule has 284 valence electrons. The van der Waals surface area contributed by atoms with Crippen LogP contribution in [0.2, 0.25) is 0 Å². The minimum absolute atomic E-state index is 0.0224. The van der Waals surface area contributed by atoms with Gasteiger partial charge in [0, 0.05) is 30.3 Å². The maximum Gasteiger partial charge on any atom is 0.264 e. The molecule has 0 radical (unpaired) electrons. The third-order valence-corrected chi connectivity index (χ3v) is 9.95. The van der Waals surface area contributed by atoms with Crippen molar-refractivity contribution in [2.75, 3.05) is 29.8 Å². The third-order valence-electron chi connectivity index (χ3n) is 8.62. The van der Waals surface area contributed by atoms with Gasteiger partial charge in [-0.1, -0.05) is 59.7 Å². The molecule has 2 aromatic carbocycles. The average Bonchev–Trinajstić information content (AvgIpc) is 3.05. The minimum atomic E-state index is -4.24. The van der Waals surface area contributed by atoms with Gasteiger partial charge in [0.25, 0.3) is 15.9 Å². The van der Waals surface area contributed by atoms with E-state index in [1.54, 1.807) is 29.4 Å². The molecule has 0 spiro atoms. The van der Waals surface area contributed by atoms with E-state index in [0.717, 1.165) is 12.1 Å². The lowest BCUT2D eigenvalue weighted by atomic mass is 9.87. The van der Waals surface area contributed by atoms with Gasteiger partial charge in [0.15, 0.2) is 0 Å². The monoisotopic (exact) mass is 743 g/mol. The fraction of sp³-hybridized carbons (Fsp3) is 0.475. The van der Waals surface area contributed by atoms with E-state index in [2.05, 4.69) is 56.2 Å². The Labute approximate surface area is 314 Å². The van der Waals surface area contributed by atoms with Gasteiger partial charge in [0.2, 0.25) is 11.8 Å². The Balaban J connectivity index is 1.68. The number of nitrogens with zero attached hydrogens (tertiary/aromatic N) is 6. The van der Waals surface area contributed by atoms with E-state index in [4.69, 9.17) is 19.4 Å². The summed E-state index contributed by atoms with van der Waals surface area (Å²) >= 11 is 0. The molecule has 13 heteroatoms. The predicted octanol–water partition coefficient (Wildman–Crippen LogP) is 7.46. The quantitative estimate of drug-likeness (QED) is 0.193. The number of aryl methyl sites for hydroxylation is 1. The first-order valence-electron chi connectivity index (χ1n) is 17.9. The molecule has 53 heavy (non-hydrogen) atoms. The molecule has 1 atom stereocenters. The molecule has 2 aromatic heterocycles. The van der Waals surface area contributed by atoms with Crippen molar-refractivity contribution < 1.29 is 22.7 Å². The Morgan fingerprint density at radius 3 is 2.40 bits per heavy atom. The zero-order valence-electron chi connectivity index (χ0n) is 32.8. The summed E-state index contributed by atoms with van der Waals surface area (Å²) in [6.45, 7) is 21.4. The topological polar surface area (TPSA) is 140 Å². The summed E-state index contributed by atoms with van der Waals surface area (Å²) in [4.78, 5) is 37.1. The summed E-state index contributed by atoms with van der Waals surface area (Å²) in [5.74, 6) is 0.957. The Bertz CT molecular complexity index is 2070. The van der Waals surface area contributed by atoms with Crippen LogP contribution in [0, 0.1) is 24.7 Å². The summed E-state index contributed by atoms with van der Waals surface area (Å²) in [5.41, 5.74) is 3.25. The molecule has 1 amide bonds. The van der Waals surface area contributed by atoms with Crippen LogP contribution in [0.25, 0.3) is 11.3 Å². The Morgan fingerprint density at radius 2 is 1.72 bits per heavy atom. The van der Waals surface area contributed by atoms with Crippen LogP contribution in [0.4, 0.5) is 11.8 Å². The summed E-state index contributed by atoms with van der Waals surface area (Å²) in [7, 11) is -2.27. The Hall–Kier alpha value is -4.78. The number of aromatic nitrogens is 4. The van der Waals surface area contributed by atoms with Crippen LogP contribution < -0.4 is 19.1 Å². The Morgan fingerprint density at radius 1 is 1.00 bits per heavy atom. The standard InChI is InChI=1S/C40H53N7O5S/c1-25(2)52-32-17-12-14-26(3)34(32)35-27(4)36-44-38(43-35)45-53(49,50)31-16-13-15-28(18-31)37(48)47(30(23-51-36)19-39(5,6)7)22-29-20-41-21-33(42-29)46(11)24-40(8,9)10/h12-18,20-21,25,30H,19,22-24H2,1-11H3,(H,43,44,45)/t30-/m1/s1. The lowest BCUT2D eigenvalue weighted by Gasteiger charge is -2.36. The highest BCUT2D eigenvalue weighted by Crippen LogP contribution is 2.38. The maximum absolute atomic E-state index is 14.6. The molecule has 0 saturated heterocycles. The summed E-state index contributed by atoms with van der Waals surface area (Å²) in [6, 6.07) is 11.2. The number of sulfonamides is 1. The first kappa shape index (κ1) is 39.4. The van der Waals surface area contributed by atoms with Crippen molar-refractivity contribution in [3.05, 3.63) is 77.2 Å². The average molecular weight is 744 g/mol. The molecule has 0 fully saturated rings. The number of nitrogens with one attached hydrogen (secondary N) is 1. The number of hydrogen-bond donors (Lipinski definition) is 1. The van der Waals surface area contributed by atoms with Crippen molar-refractivity contribution >= 4 is 27.7 Å². The van der Waals surface area contributed by atoms with Gasteiger partial charge in [0.05, 0.1) is 47.4 Å². The van der Waals surface area contributed by atoms with E-state index < -0.39 is 16.1 Å². The fourth-order valence-electron chi connectivity index (χ4n) is 6.49. The van der Waals surface area contributed by atoms with E-state index in [-0.39, 0.29) is 58.3 Å². The van der Waals surface area contributed by atoms with Crippen molar-refractivity contribution in [2.24, 2.45) is 10.8 Å². The minimum Gasteiger partial charge on any atom is -0.490 e. The van der Waals surface area contributed by atoms with Gasteiger partial charge in [-0.2, -0.15) is 4.98 Å². The molecule has 5 rings (SSSR count). The van der Waals surface area contributed by atoms with E-state index in [9.17, 15) is 13.2 Å². The van der Waals surface area contributed by atoms with Crippen LogP contribution in [0.5, 0.6) is 11.6 Å². The van der Waals surface area contributed by atoms with Gasteiger partial charge in [-0.3, -0.25) is 9.78 Å². The summed E-state index contributed by atoms with van der Waals surface area (Å²) in [5, 5.41) is 0. The van der Waals surface area contributed by atoms with Crippen molar-refractivity contribution in [3.63, 3.8) is 0 Å². The highest BCUT2D eigenvalue weighted by Gasteiger charge is 2.33. The second-order valence-electron chi connectivity index (χ2n) is 16.5. The number of benzene rings is 2. The molecule has 4 aromatic rings. The zero-order chi connectivity index (χ0) is 38.9. The molecule has 0 aliphatic carbocycles. The number of carbonyl (C=O) groups is 1. The molecule has 3 heterocycles. The highest BCUT2D eigenvalue weighted by atomic mass is 32.2. The molecule has 1 N–H and O–H groups in total. The predicted molar refractivity (Wildman–Crippen MR) is 208 cm³/mol. The van der Waals surface area contributed by atoms with Crippen LogP contribution in [-0.2, 0) is 16.6 Å². The van der Waals surface area contributed by atoms with Gasteiger partial charge >= 0.3 is 0 Å².